The van der Waals surface area contributed by atoms with Crippen LogP contribution < -0.4 is 5.56 Å². The second-order valence-corrected chi connectivity index (χ2v) is 9.58. The van der Waals surface area contributed by atoms with E-state index in [0.29, 0.717) is 18.0 Å². The van der Waals surface area contributed by atoms with Gasteiger partial charge in [-0.3, -0.25) is 14.5 Å². The average Bonchev–Trinajstić information content (AvgIpc) is 3.35. The highest BCUT2D eigenvalue weighted by Gasteiger charge is 2.56. The minimum Gasteiger partial charge on any atom is -0.468 e. The van der Waals surface area contributed by atoms with Gasteiger partial charge in [0.1, 0.15) is 6.04 Å². The predicted molar refractivity (Wildman–Crippen MR) is 122 cm³/mol. The molecular formula is C26H32N2O4. The first-order valence-corrected chi connectivity index (χ1v) is 11.9. The van der Waals surface area contributed by atoms with Crippen LogP contribution in [0.1, 0.15) is 43.8 Å². The van der Waals surface area contributed by atoms with Crippen LogP contribution in [0.3, 0.4) is 0 Å². The van der Waals surface area contributed by atoms with Crippen molar-refractivity contribution in [3.05, 3.63) is 58.5 Å². The number of benzene rings is 1. The molecular weight excluding hydrogens is 404 g/mol. The highest BCUT2D eigenvalue weighted by Crippen LogP contribution is 2.50. The molecule has 2 fully saturated rings. The number of ether oxygens (including phenoxy) is 1. The van der Waals surface area contributed by atoms with Crippen molar-refractivity contribution in [2.45, 2.75) is 50.7 Å². The molecule has 4 atom stereocenters. The van der Waals surface area contributed by atoms with Crippen molar-refractivity contribution >= 4 is 5.97 Å². The van der Waals surface area contributed by atoms with E-state index in [0.717, 1.165) is 17.8 Å². The monoisotopic (exact) mass is 436 g/mol. The number of hydrogen-bond donors (Lipinski definition) is 1. The maximum atomic E-state index is 13.4. The molecule has 0 amide bonds. The van der Waals surface area contributed by atoms with E-state index < -0.39 is 6.04 Å². The summed E-state index contributed by atoms with van der Waals surface area (Å²) in [5.41, 5.74) is 2.57. The zero-order chi connectivity index (χ0) is 22.2. The Bertz CT molecular complexity index is 1030. The second kappa shape index (κ2) is 8.83. The van der Waals surface area contributed by atoms with Crippen LogP contribution in [0.5, 0.6) is 0 Å². The number of carbonyl (C=O) groups is 1. The van der Waals surface area contributed by atoms with Crippen LogP contribution in [-0.2, 0) is 16.1 Å². The van der Waals surface area contributed by atoms with Crippen LogP contribution >= 0.6 is 0 Å². The van der Waals surface area contributed by atoms with Gasteiger partial charge < -0.3 is 14.4 Å². The molecule has 1 aromatic carbocycles. The van der Waals surface area contributed by atoms with Crippen LogP contribution in [0, 0.1) is 17.8 Å². The normalized spacial score (nSPS) is 27.8. The number of carbonyl (C=O) groups excluding carboxylic acids is 1. The van der Waals surface area contributed by atoms with Crippen molar-refractivity contribution < 1.29 is 14.6 Å². The molecule has 0 unspecified atom stereocenters. The largest absolute Gasteiger partial charge is 0.468 e. The molecule has 0 bridgehead atoms. The summed E-state index contributed by atoms with van der Waals surface area (Å²) in [6.07, 6.45) is 6.09. The van der Waals surface area contributed by atoms with Gasteiger partial charge in [0.25, 0.3) is 5.56 Å². The number of likely N-dealkylation sites (tertiary alicyclic amines) is 1. The van der Waals surface area contributed by atoms with E-state index in [9.17, 15) is 14.7 Å². The maximum absolute atomic E-state index is 13.4. The number of esters is 1. The molecule has 32 heavy (non-hydrogen) atoms. The summed E-state index contributed by atoms with van der Waals surface area (Å²) < 4.78 is 7.06. The SMILES string of the molecule is COC(=O)[C@H]1[C@H](CO)[C@H]2Cn3c(ccc(-c4ccccc4)c3=O)[C@H]2N1CC1CCCCC1. The third kappa shape index (κ3) is 3.50. The summed E-state index contributed by atoms with van der Waals surface area (Å²) in [6, 6.07) is 13.2. The summed E-state index contributed by atoms with van der Waals surface area (Å²) in [7, 11) is 1.42. The third-order valence-corrected chi connectivity index (χ3v) is 7.91. The standard InChI is InChI=1S/C26H32N2O4/c1-32-26(31)24-21(16-29)20-15-27-22(23(20)28(24)14-17-8-4-2-5-9-17)13-12-19(25(27)30)18-10-6-3-7-11-18/h3,6-7,10-13,17,20-21,23-24,29H,2,4-5,8-9,14-16H2,1H3/t20-,21-,23+,24-/m1/s1. The molecule has 2 aromatic rings. The Kier molecular flexibility index (Phi) is 5.91. The Hall–Kier alpha value is -2.44. The van der Waals surface area contributed by atoms with Gasteiger partial charge in [-0.1, -0.05) is 49.6 Å². The number of aliphatic hydroxyl groups is 1. The molecule has 1 aliphatic carbocycles. The van der Waals surface area contributed by atoms with Crippen LogP contribution in [0.2, 0.25) is 0 Å². The molecule has 0 radical (unpaired) electrons. The molecule has 1 aromatic heterocycles. The smallest absolute Gasteiger partial charge is 0.323 e. The highest BCUT2D eigenvalue weighted by molar-refractivity contribution is 5.77. The summed E-state index contributed by atoms with van der Waals surface area (Å²) >= 11 is 0. The van der Waals surface area contributed by atoms with E-state index >= 15 is 0 Å². The van der Waals surface area contributed by atoms with E-state index in [4.69, 9.17) is 4.74 Å². The molecule has 0 spiro atoms. The number of fused-ring (bicyclic) bond motifs is 3. The number of rotatable bonds is 5. The van der Waals surface area contributed by atoms with Crippen LogP contribution in [-0.4, -0.2) is 46.8 Å². The Labute approximate surface area is 188 Å². The molecule has 2 aliphatic heterocycles. The van der Waals surface area contributed by atoms with Crippen molar-refractivity contribution in [3.63, 3.8) is 0 Å². The van der Waals surface area contributed by atoms with Crippen molar-refractivity contribution in [2.24, 2.45) is 17.8 Å². The molecule has 3 aliphatic rings. The van der Waals surface area contributed by atoms with E-state index in [2.05, 4.69) is 11.0 Å². The number of aliphatic hydroxyl groups excluding tert-OH is 1. The minimum atomic E-state index is -0.459. The molecule has 170 valence electrons. The number of pyridine rings is 1. The molecule has 1 saturated carbocycles. The number of hydrogen-bond acceptors (Lipinski definition) is 5. The summed E-state index contributed by atoms with van der Waals surface area (Å²) in [4.78, 5) is 28.5. The van der Waals surface area contributed by atoms with Gasteiger partial charge in [-0.05, 0) is 36.5 Å². The highest BCUT2D eigenvalue weighted by atomic mass is 16.5. The summed E-state index contributed by atoms with van der Waals surface area (Å²) in [6.45, 7) is 1.25. The van der Waals surface area contributed by atoms with Crippen molar-refractivity contribution in [3.8, 4) is 11.1 Å². The van der Waals surface area contributed by atoms with E-state index in [1.807, 2.05) is 41.0 Å². The van der Waals surface area contributed by atoms with Crippen LogP contribution in [0.25, 0.3) is 11.1 Å². The lowest BCUT2D eigenvalue weighted by Crippen LogP contribution is -2.45. The van der Waals surface area contributed by atoms with Crippen molar-refractivity contribution in [1.29, 1.82) is 0 Å². The van der Waals surface area contributed by atoms with Gasteiger partial charge in [0.2, 0.25) is 0 Å². The zero-order valence-corrected chi connectivity index (χ0v) is 18.7. The van der Waals surface area contributed by atoms with Gasteiger partial charge >= 0.3 is 5.97 Å². The first kappa shape index (κ1) is 21.4. The molecule has 1 N–H and O–H groups in total. The van der Waals surface area contributed by atoms with E-state index in [-0.39, 0.29) is 36.0 Å². The van der Waals surface area contributed by atoms with E-state index in [1.165, 1.54) is 39.2 Å². The molecule has 6 heteroatoms. The number of nitrogens with zero attached hydrogens (tertiary/aromatic N) is 2. The molecule has 3 heterocycles. The number of aromatic nitrogens is 1. The average molecular weight is 437 g/mol. The van der Waals surface area contributed by atoms with Gasteiger partial charge in [0.15, 0.2) is 0 Å². The topological polar surface area (TPSA) is 71.8 Å². The van der Waals surface area contributed by atoms with Gasteiger partial charge in [-0.25, -0.2) is 0 Å². The second-order valence-electron chi connectivity index (χ2n) is 9.58. The van der Waals surface area contributed by atoms with Gasteiger partial charge in [-0.2, -0.15) is 0 Å². The summed E-state index contributed by atoms with van der Waals surface area (Å²) in [5.74, 6) is 0.0457. The number of methoxy groups -OCH3 is 1. The van der Waals surface area contributed by atoms with Crippen LogP contribution in [0.15, 0.2) is 47.3 Å². The van der Waals surface area contributed by atoms with Gasteiger partial charge in [0.05, 0.1) is 13.2 Å². The quantitative estimate of drug-likeness (QED) is 0.729. The Balaban J connectivity index is 1.55. The van der Waals surface area contributed by atoms with Crippen molar-refractivity contribution in [1.82, 2.24) is 9.47 Å². The zero-order valence-electron chi connectivity index (χ0n) is 18.7. The van der Waals surface area contributed by atoms with E-state index in [1.54, 1.807) is 0 Å². The lowest BCUT2D eigenvalue weighted by Gasteiger charge is -2.34. The van der Waals surface area contributed by atoms with Crippen LogP contribution in [0.4, 0.5) is 0 Å². The Morgan fingerprint density at radius 1 is 1.09 bits per heavy atom. The fourth-order valence-electron chi connectivity index (χ4n) is 6.41. The summed E-state index contributed by atoms with van der Waals surface area (Å²) in [5, 5.41) is 10.3. The lowest BCUT2D eigenvalue weighted by molar-refractivity contribution is -0.148. The lowest BCUT2D eigenvalue weighted by atomic mass is 9.88. The fourth-order valence-corrected chi connectivity index (χ4v) is 6.41. The molecule has 6 nitrogen and oxygen atoms in total. The van der Waals surface area contributed by atoms with Gasteiger partial charge in [-0.15, -0.1) is 0 Å². The first-order valence-electron chi connectivity index (χ1n) is 11.9. The third-order valence-electron chi connectivity index (χ3n) is 7.91. The van der Waals surface area contributed by atoms with Gasteiger partial charge in [0, 0.05) is 42.8 Å². The maximum Gasteiger partial charge on any atom is 0.323 e. The molecule has 5 rings (SSSR count). The first-order chi connectivity index (χ1) is 15.6. The molecule has 1 saturated heterocycles. The van der Waals surface area contributed by atoms with Crippen molar-refractivity contribution in [2.75, 3.05) is 20.3 Å². The minimum absolute atomic E-state index is 0.00650. The Morgan fingerprint density at radius 3 is 2.53 bits per heavy atom. The fraction of sp³-hybridized carbons (Fsp3) is 0.538. The Morgan fingerprint density at radius 2 is 1.84 bits per heavy atom. The predicted octanol–water partition coefficient (Wildman–Crippen LogP) is 3.23.